The van der Waals surface area contributed by atoms with Crippen molar-refractivity contribution >= 4 is 57.7 Å². The van der Waals surface area contributed by atoms with Crippen LogP contribution in [0.4, 0.5) is 8.78 Å². The summed E-state index contributed by atoms with van der Waals surface area (Å²) in [6, 6.07) is 7.86. The molecule has 0 saturated carbocycles. The maximum Gasteiger partial charge on any atom is 0.306 e. The lowest BCUT2D eigenvalue weighted by atomic mass is 9.93. The highest BCUT2D eigenvalue weighted by Gasteiger charge is 2.24. The smallest absolute Gasteiger partial charge is 0.306 e. The molecule has 2 atom stereocenters. The minimum atomic E-state index is -0.525. The van der Waals surface area contributed by atoms with E-state index in [1.54, 1.807) is 24.3 Å². The van der Waals surface area contributed by atoms with Crippen LogP contribution in [-0.4, -0.2) is 23.1 Å². The van der Waals surface area contributed by atoms with Gasteiger partial charge < -0.3 is 9.47 Å². The predicted octanol–water partition coefficient (Wildman–Crippen LogP) is 10.0. The van der Waals surface area contributed by atoms with Gasteiger partial charge in [0.2, 0.25) is 0 Å². The Bertz CT molecular complexity index is 1130. The lowest BCUT2D eigenvalue weighted by molar-refractivity contribution is -0.156. The Hall–Kier alpha value is -1.45. The Morgan fingerprint density at radius 3 is 1.67 bits per heavy atom. The Balaban J connectivity index is 0.000000391. The van der Waals surface area contributed by atoms with Gasteiger partial charge in [-0.3, -0.25) is 9.59 Å². The van der Waals surface area contributed by atoms with E-state index < -0.39 is 11.2 Å². The molecule has 218 valence electrons. The van der Waals surface area contributed by atoms with Gasteiger partial charge in [-0.15, -0.1) is 0 Å². The molecule has 0 amide bonds. The second-order valence-corrected chi connectivity index (χ2v) is 13.1. The molecule has 2 aromatic rings. The van der Waals surface area contributed by atoms with Crippen molar-refractivity contribution in [2.24, 2.45) is 0 Å². The van der Waals surface area contributed by atoms with Gasteiger partial charge in [0, 0.05) is 5.02 Å². The molecule has 39 heavy (non-hydrogen) atoms. The SMILES string of the molecule is CC[C@@H](CC(=O)OC(C)(C)C)c1ccc(Cl)c(I)c1F.CC[C@@H](CC(=O)OC(C)(C)C)c1ccc(Cl)cc1F. The van der Waals surface area contributed by atoms with Gasteiger partial charge in [0.15, 0.2) is 0 Å². The third-order valence-electron chi connectivity index (χ3n) is 5.56. The summed E-state index contributed by atoms with van der Waals surface area (Å²) in [5, 5.41) is 0.743. The lowest BCUT2D eigenvalue weighted by Crippen LogP contribution is -2.25. The maximum absolute atomic E-state index is 14.2. The van der Waals surface area contributed by atoms with Crippen molar-refractivity contribution in [3.05, 3.63) is 66.7 Å². The highest BCUT2D eigenvalue weighted by atomic mass is 127. The summed E-state index contributed by atoms with van der Waals surface area (Å²) in [5.74, 6) is -1.72. The summed E-state index contributed by atoms with van der Waals surface area (Å²) in [6.45, 7) is 14.7. The summed E-state index contributed by atoms with van der Waals surface area (Å²) in [5.41, 5.74) is -0.0131. The molecule has 0 saturated heterocycles. The zero-order valence-corrected chi connectivity index (χ0v) is 27.6. The number of carbonyl (C=O) groups excluding carboxylic acids is 2. The molecule has 0 aliphatic carbocycles. The fourth-order valence-electron chi connectivity index (χ4n) is 3.81. The van der Waals surface area contributed by atoms with E-state index in [2.05, 4.69) is 0 Å². The van der Waals surface area contributed by atoms with Crippen LogP contribution in [0.2, 0.25) is 10.0 Å². The summed E-state index contributed by atoms with van der Waals surface area (Å²) in [4.78, 5) is 23.7. The van der Waals surface area contributed by atoms with Gasteiger partial charge in [-0.1, -0.05) is 49.2 Å². The first-order valence-corrected chi connectivity index (χ1v) is 14.7. The second-order valence-electron chi connectivity index (χ2n) is 11.2. The van der Waals surface area contributed by atoms with Gasteiger partial charge in [0.25, 0.3) is 0 Å². The summed E-state index contributed by atoms with van der Waals surface area (Å²) in [6.07, 6.45) is 1.67. The summed E-state index contributed by atoms with van der Waals surface area (Å²) in [7, 11) is 0. The minimum absolute atomic E-state index is 0.169. The van der Waals surface area contributed by atoms with Gasteiger partial charge in [-0.2, -0.15) is 0 Å². The first-order valence-electron chi connectivity index (χ1n) is 12.9. The standard InChI is InChI=1S/C15H19ClFIO2.C15H20ClFO2/c1-5-9(8-12(19)20-15(2,3)4)10-6-7-11(16)14(18)13(10)17;1-5-10(8-14(18)19-15(2,3)4)12-7-6-11(16)9-13(12)17/h6-7,9H,5,8H2,1-4H3;6-7,9-10H,5,8H2,1-4H3/t9-;10-/m00/s1. The van der Waals surface area contributed by atoms with Crippen molar-refractivity contribution in [3.63, 3.8) is 0 Å². The Kier molecular flexibility index (Phi) is 14.2. The molecule has 2 rings (SSSR count). The monoisotopic (exact) mass is 698 g/mol. The number of benzene rings is 2. The van der Waals surface area contributed by atoms with Gasteiger partial charge in [-0.05, 0) is 118 Å². The number of hydrogen-bond acceptors (Lipinski definition) is 4. The molecular formula is C30H39Cl2F2IO4. The number of esters is 2. The van der Waals surface area contributed by atoms with Crippen LogP contribution < -0.4 is 0 Å². The molecule has 2 aromatic carbocycles. The molecule has 9 heteroatoms. The average Bonchev–Trinajstić information content (AvgIpc) is 2.78. The van der Waals surface area contributed by atoms with E-state index in [1.165, 1.54) is 6.07 Å². The molecular weight excluding hydrogens is 660 g/mol. The Morgan fingerprint density at radius 2 is 1.26 bits per heavy atom. The van der Waals surface area contributed by atoms with Gasteiger partial charge in [-0.25, -0.2) is 8.78 Å². The van der Waals surface area contributed by atoms with E-state index in [9.17, 15) is 18.4 Å². The van der Waals surface area contributed by atoms with Crippen LogP contribution in [0, 0.1) is 15.2 Å². The van der Waals surface area contributed by atoms with Crippen LogP contribution in [0.25, 0.3) is 0 Å². The predicted molar refractivity (Wildman–Crippen MR) is 163 cm³/mol. The van der Waals surface area contributed by atoms with Crippen LogP contribution >= 0.6 is 45.8 Å². The molecule has 0 spiro atoms. The molecule has 0 aliphatic rings. The number of halogens is 5. The van der Waals surface area contributed by atoms with Crippen molar-refractivity contribution < 1.29 is 27.8 Å². The minimum Gasteiger partial charge on any atom is -0.460 e. The van der Waals surface area contributed by atoms with Gasteiger partial charge in [0.1, 0.15) is 22.8 Å². The zero-order valence-electron chi connectivity index (χ0n) is 23.9. The van der Waals surface area contributed by atoms with Crippen molar-refractivity contribution in [2.75, 3.05) is 0 Å². The Morgan fingerprint density at radius 1 is 0.821 bits per heavy atom. The maximum atomic E-state index is 14.2. The van der Waals surface area contributed by atoms with Gasteiger partial charge in [0.05, 0.1) is 21.4 Å². The Labute approximate surface area is 255 Å². The molecule has 0 aromatic heterocycles. The lowest BCUT2D eigenvalue weighted by Gasteiger charge is -2.22. The zero-order chi connectivity index (χ0) is 30.1. The van der Waals surface area contributed by atoms with Crippen LogP contribution in [-0.2, 0) is 19.1 Å². The van der Waals surface area contributed by atoms with E-state index in [-0.39, 0.29) is 48.3 Å². The summed E-state index contributed by atoms with van der Waals surface area (Å²) >= 11 is 13.5. The average molecular weight is 699 g/mol. The van der Waals surface area contributed by atoms with Crippen molar-refractivity contribution in [1.82, 2.24) is 0 Å². The normalized spacial score (nSPS) is 13.2. The molecule has 0 N–H and O–H groups in total. The number of ether oxygens (including phenoxy) is 2. The first kappa shape index (κ1) is 35.6. The third kappa shape index (κ3) is 12.7. The van der Waals surface area contributed by atoms with E-state index >= 15 is 0 Å². The number of rotatable bonds is 8. The third-order valence-corrected chi connectivity index (χ3v) is 7.48. The molecule has 0 bridgehead atoms. The highest BCUT2D eigenvalue weighted by Crippen LogP contribution is 2.32. The van der Waals surface area contributed by atoms with Crippen LogP contribution in [0.15, 0.2) is 30.3 Å². The van der Waals surface area contributed by atoms with Gasteiger partial charge >= 0.3 is 11.9 Å². The van der Waals surface area contributed by atoms with E-state index in [0.717, 1.165) is 0 Å². The largest absolute Gasteiger partial charge is 0.460 e. The quantitative estimate of drug-likeness (QED) is 0.156. The summed E-state index contributed by atoms with van der Waals surface area (Å²) < 4.78 is 39.0. The topological polar surface area (TPSA) is 52.6 Å². The van der Waals surface area contributed by atoms with Crippen molar-refractivity contribution in [1.29, 1.82) is 0 Å². The van der Waals surface area contributed by atoms with Crippen LogP contribution in [0.3, 0.4) is 0 Å². The highest BCUT2D eigenvalue weighted by molar-refractivity contribution is 14.1. The van der Waals surface area contributed by atoms with E-state index in [1.807, 2.05) is 78.0 Å². The fourth-order valence-corrected chi connectivity index (χ4v) is 4.60. The second kappa shape index (κ2) is 15.5. The first-order chi connectivity index (χ1) is 17.9. The molecule has 0 heterocycles. The molecule has 0 fully saturated rings. The fraction of sp³-hybridized carbons (Fsp3) is 0.533. The molecule has 0 radical (unpaired) electrons. The van der Waals surface area contributed by atoms with E-state index in [0.29, 0.717) is 37.6 Å². The molecule has 4 nitrogen and oxygen atoms in total. The molecule has 0 unspecified atom stereocenters. The van der Waals surface area contributed by atoms with E-state index in [4.69, 9.17) is 32.7 Å². The molecule has 0 aliphatic heterocycles. The number of carbonyl (C=O) groups is 2. The number of hydrogen-bond donors (Lipinski definition) is 0. The van der Waals surface area contributed by atoms with Crippen molar-refractivity contribution in [3.8, 4) is 0 Å². The van der Waals surface area contributed by atoms with Crippen LogP contribution in [0.5, 0.6) is 0 Å². The van der Waals surface area contributed by atoms with Crippen molar-refractivity contribution in [2.45, 2.75) is 104 Å². The van der Waals surface area contributed by atoms with Crippen LogP contribution in [0.1, 0.15) is 104 Å².